The van der Waals surface area contributed by atoms with Gasteiger partial charge in [0.2, 0.25) is 5.91 Å². The van der Waals surface area contributed by atoms with E-state index in [1.165, 1.54) is 0 Å². The zero-order valence-corrected chi connectivity index (χ0v) is 8.86. The lowest BCUT2D eigenvalue weighted by Gasteiger charge is -2.19. The van der Waals surface area contributed by atoms with Gasteiger partial charge in [-0.1, -0.05) is 0 Å². The first-order valence-electron chi connectivity index (χ1n) is 4.13. The molecule has 0 spiro atoms. The zero-order chi connectivity index (χ0) is 9.56. The second-order valence-electron chi connectivity index (χ2n) is 2.74. The van der Waals surface area contributed by atoms with Crippen molar-refractivity contribution < 1.29 is 4.79 Å². The van der Waals surface area contributed by atoms with Crippen LogP contribution >= 0.6 is 11.8 Å². The summed E-state index contributed by atoms with van der Waals surface area (Å²) < 4.78 is 0. The highest BCUT2D eigenvalue weighted by molar-refractivity contribution is 7.98. The van der Waals surface area contributed by atoms with Gasteiger partial charge in [0.1, 0.15) is 0 Å². The molecular formula is C8H18N2OS. The molecule has 0 radical (unpaired) electrons. The summed E-state index contributed by atoms with van der Waals surface area (Å²) in [7, 11) is 1.78. The number of nitrogens with two attached hydrogens (primary N) is 1. The number of likely N-dealkylation sites (N-methyl/N-ethyl adjacent to an activating group) is 1. The molecule has 0 fully saturated rings. The van der Waals surface area contributed by atoms with E-state index in [9.17, 15) is 4.79 Å². The summed E-state index contributed by atoms with van der Waals surface area (Å²) in [6, 6.07) is -0.317. The predicted octanol–water partition coefficient (Wildman–Crippen LogP) is 0.545. The Hall–Kier alpha value is -0.220. The summed E-state index contributed by atoms with van der Waals surface area (Å²) in [6.07, 6.45) is 2.78. The average molecular weight is 190 g/mol. The van der Waals surface area contributed by atoms with Gasteiger partial charge in [-0.05, 0) is 25.4 Å². The fourth-order valence-electron chi connectivity index (χ4n) is 0.807. The normalized spacial score (nSPS) is 12.7. The summed E-state index contributed by atoms with van der Waals surface area (Å²) in [5, 5.41) is 0. The first kappa shape index (κ1) is 11.8. The fraction of sp³-hybridized carbons (Fsp3) is 0.875. The minimum Gasteiger partial charge on any atom is -0.345 e. The highest BCUT2D eigenvalue weighted by Crippen LogP contribution is 2.00. The minimum atomic E-state index is -0.317. The van der Waals surface area contributed by atoms with Gasteiger partial charge in [-0.3, -0.25) is 4.79 Å². The summed E-state index contributed by atoms with van der Waals surface area (Å²) in [6.45, 7) is 2.67. The van der Waals surface area contributed by atoms with Gasteiger partial charge in [-0.2, -0.15) is 11.8 Å². The molecule has 0 saturated carbocycles. The molecule has 1 amide bonds. The molecular weight excluding hydrogens is 172 g/mol. The maximum atomic E-state index is 11.4. The van der Waals surface area contributed by atoms with E-state index in [0.29, 0.717) is 0 Å². The van der Waals surface area contributed by atoms with E-state index >= 15 is 0 Å². The molecule has 0 aromatic carbocycles. The Morgan fingerprint density at radius 1 is 1.67 bits per heavy atom. The maximum absolute atomic E-state index is 11.4. The number of hydrogen-bond acceptors (Lipinski definition) is 3. The third-order valence-corrected chi connectivity index (χ3v) is 2.44. The van der Waals surface area contributed by atoms with Crippen LogP contribution in [0.1, 0.15) is 13.3 Å². The van der Waals surface area contributed by atoms with Gasteiger partial charge >= 0.3 is 0 Å². The van der Waals surface area contributed by atoms with Crippen molar-refractivity contribution in [3.8, 4) is 0 Å². The van der Waals surface area contributed by atoms with Gasteiger partial charge in [-0.15, -0.1) is 0 Å². The Kier molecular flexibility index (Phi) is 6.20. The molecule has 4 heteroatoms. The molecule has 0 aliphatic carbocycles. The number of carbonyl (C=O) groups excluding carboxylic acids is 1. The Bertz CT molecular complexity index is 141. The predicted molar refractivity (Wildman–Crippen MR) is 54.3 cm³/mol. The number of amides is 1. The minimum absolute atomic E-state index is 0.0477. The van der Waals surface area contributed by atoms with Crippen molar-refractivity contribution in [2.75, 3.05) is 25.6 Å². The van der Waals surface area contributed by atoms with Crippen molar-refractivity contribution in [3.63, 3.8) is 0 Å². The van der Waals surface area contributed by atoms with E-state index in [0.717, 1.165) is 18.7 Å². The quantitative estimate of drug-likeness (QED) is 0.688. The lowest BCUT2D eigenvalue weighted by molar-refractivity contribution is -0.131. The van der Waals surface area contributed by atoms with Crippen LogP contribution in [0.2, 0.25) is 0 Å². The van der Waals surface area contributed by atoms with Crippen molar-refractivity contribution in [2.24, 2.45) is 5.73 Å². The molecule has 0 saturated heterocycles. The lowest BCUT2D eigenvalue weighted by atomic mass is 10.2. The first-order chi connectivity index (χ1) is 5.63. The molecule has 0 aromatic heterocycles. The summed E-state index contributed by atoms with van der Waals surface area (Å²) >= 11 is 1.72. The van der Waals surface area contributed by atoms with Crippen LogP contribution in [-0.4, -0.2) is 42.4 Å². The zero-order valence-electron chi connectivity index (χ0n) is 8.04. The van der Waals surface area contributed by atoms with E-state index in [-0.39, 0.29) is 11.9 Å². The molecule has 0 unspecified atom stereocenters. The van der Waals surface area contributed by atoms with Crippen LogP contribution in [0.5, 0.6) is 0 Å². The molecule has 0 bridgehead atoms. The van der Waals surface area contributed by atoms with E-state index in [1.54, 1.807) is 23.7 Å². The highest BCUT2D eigenvalue weighted by Gasteiger charge is 2.15. The van der Waals surface area contributed by atoms with Crippen molar-refractivity contribution >= 4 is 17.7 Å². The Morgan fingerprint density at radius 2 is 2.25 bits per heavy atom. The largest absolute Gasteiger partial charge is 0.345 e. The topological polar surface area (TPSA) is 46.3 Å². The van der Waals surface area contributed by atoms with Gasteiger partial charge in [0.15, 0.2) is 0 Å². The van der Waals surface area contributed by atoms with Crippen LogP contribution in [0.15, 0.2) is 0 Å². The lowest BCUT2D eigenvalue weighted by Crippen LogP contribution is -2.41. The summed E-state index contributed by atoms with van der Waals surface area (Å²) in [5.41, 5.74) is 5.68. The molecule has 0 heterocycles. The van der Waals surface area contributed by atoms with Crippen molar-refractivity contribution in [2.45, 2.75) is 19.4 Å². The van der Waals surface area contributed by atoms with Crippen molar-refractivity contribution in [1.82, 2.24) is 4.90 Å². The second-order valence-corrected chi connectivity index (χ2v) is 3.73. The standard InChI is InChI=1S/C8H18N2OS/c1-4-10(2)8(11)7(9)5-6-12-3/h7H,4-6,9H2,1-3H3/t7-/m0/s1. The van der Waals surface area contributed by atoms with Gasteiger partial charge in [-0.25, -0.2) is 0 Å². The molecule has 12 heavy (non-hydrogen) atoms. The number of nitrogens with zero attached hydrogens (tertiary/aromatic N) is 1. The van der Waals surface area contributed by atoms with E-state index < -0.39 is 0 Å². The van der Waals surface area contributed by atoms with Crippen LogP contribution in [0.25, 0.3) is 0 Å². The smallest absolute Gasteiger partial charge is 0.239 e. The third kappa shape index (κ3) is 3.97. The van der Waals surface area contributed by atoms with Crippen LogP contribution < -0.4 is 5.73 Å². The first-order valence-corrected chi connectivity index (χ1v) is 5.52. The van der Waals surface area contributed by atoms with E-state index in [4.69, 9.17) is 5.73 Å². The summed E-state index contributed by atoms with van der Waals surface area (Å²) in [5.74, 6) is 0.997. The van der Waals surface area contributed by atoms with Gasteiger partial charge in [0.05, 0.1) is 6.04 Å². The molecule has 72 valence electrons. The van der Waals surface area contributed by atoms with E-state index in [1.807, 2.05) is 13.2 Å². The number of rotatable bonds is 5. The fourth-order valence-corrected chi connectivity index (χ4v) is 1.30. The Morgan fingerprint density at radius 3 is 2.67 bits per heavy atom. The monoisotopic (exact) mass is 190 g/mol. The average Bonchev–Trinajstić information content (AvgIpc) is 2.11. The van der Waals surface area contributed by atoms with Crippen LogP contribution in [-0.2, 0) is 4.79 Å². The third-order valence-electron chi connectivity index (χ3n) is 1.80. The van der Waals surface area contributed by atoms with Crippen LogP contribution in [0.4, 0.5) is 0 Å². The highest BCUT2D eigenvalue weighted by atomic mass is 32.2. The van der Waals surface area contributed by atoms with Crippen LogP contribution in [0.3, 0.4) is 0 Å². The molecule has 3 nitrogen and oxygen atoms in total. The molecule has 0 rings (SSSR count). The number of hydrogen-bond donors (Lipinski definition) is 1. The molecule has 0 aliphatic rings. The van der Waals surface area contributed by atoms with Crippen molar-refractivity contribution in [3.05, 3.63) is 0 Å². The molecule has 1 atom stereocenters. The maximum Gasteiger partial charge on any atom is 0.239 e. The van der Waals surface area contributed by atoms with Gasteiger partial charge < -0.3 is 10.6 Å². The van der Waals surface area contributed by atoms with Gasteiger partial charge in [0, 0.05) is 13.6 Å². The molecule has 0 aromatic rings. The van der Waals surface area contributed by atoms with E-state index in [2.05, 4.69) is 0 Å². The Balaban J connectivity index is 3.75. The Labute approximate surface area is 78.7 Å². The molecule has 0 aliphatic heterocycles. The van der Waals surface area contributed by atoms with Crippen LogP contribution in [0, 0.1) is 0 Å². The second kappa shape index (κ2) is 6.31. The number of carbonyl (C=O) groups is 1. The SMILES string of the molecule is CCN(C)C(=O)[C@@H](N)CCSC. The van der Waals surface area contributed by atoms with Crippen molar-refractivity contribution in [1.29, 1.82) is 0 Å². The van der Waals surface area contributed by atoms with Gasteiger partial charge in [0.25, 0.3) is 0 Å². The summed E-state index contributed by atoms with van der Waals surface area (Å²) in [4.78, 5) is 13.0. The molecule has 2 N–H and O–H groups in total. The number of thioether (sulfide) groups is 1.